The predicted octanol–water partition coefficient (Wildman–Crippen LogP) is 2.60. The Labute approximate surface area is 194 Å². The third-order valence-electron chi connectivity index (χ3n) is 6.64. The number of fused-ring (bicyclic) bond motifs is 2. The molecule has 172 valence electrons. The van der Waals surface area contributed by atoms with E-state index in [-0.39, 0.29) is 37.0 Å². The molecular formula is C26H30N3O4+. The minimum atomic E-state index is -0.322. The van der Waals surface area contributed by atoms with Crippen LogP contribution >= 0.6 is 0 Å². The lowest BCUT2D eigenvalue weighted by atomic mass is 9.99. The first-order valence-electron chi connectivity index (χ1n) is 11.7. The number of carbonyl (C=O) groups excluding carboxylic acids is 4. The zero-order valence-corrected chi connectivity index (χ0v) is 19.2. The van der Waals surface area contributed by atoms with Gasteiger partial charge in [-0.3, -0.25) is 24.1 Å². The summed E-state index contributed by atoms with van der Waals surface area (Å²) >= 11 is 0. The maximum absolute atomic E-state index is 13.0. The highest BCUT2D eigenvalue weighted by Gasteiger charge is 2.41. The van der Waals surface area contributed by atoms with E-state index in [0.29, 0.717) is 34.7 Å². The van der Waals surface area contributed by atoms with Crippen LogP contribution in [0.1, 0.15) is 81.0 Å². The SMILES string of the molecule is CCCC[C@H](CC)C[NH+](CN1C(=O)c2ccccc2C1=O)CN1C(=O)c2ccccc2C1=O. The van der Waals surface area contributed by atoms with Crippen LogP contribution in [0.25, 0.3) is 0 Å². The molecule has 1 atom stereocenters. The van der Waals surface area contributed by atoms with Crippen molar-refractivity contribution in [2.75, 3.05) is 19.9 Å². The first-order chi connectivity index (χ1) is 16.0. The standard InChI is InChI=1S/C26H29N3O4/c1-3-5-10-18(4-2)15-27(16-28-23(30)19-11-6-7-12-20(19)24(28)31)17-29-25(32)21-13-8-9-14-22(21)26(29)33/h6-9,11-14,18H,3-5,10,15-17H2,1-2H3/p+1/t18-/m0/s1. The van der Waals surface area contributed by atoms with E-state index in [0.717, 1.165) is 30.6 Å². The molecule has 33 heavy (non-hydrogen) atoms. The van der Waals surface area contributed by atoms with E-state index in [9.17, 15) is 19.2 Å². The summed E-state index contributed by atoms with van der Waals surface area (Å²) in [7, 11) is 0. The van der Waals surface area contributed by atoms with Crippen molar-refractivity contribution in [3.63, 3.8) is 0 Å². The lowest BCUT2D eigenvalue weighted by molar-refractivity contribution is -0.917. The highest BCUT2D eigenvalue weighted by molar-refractivity contribution is 6.22. The molecule has 2 aromatic rings. The first-order valence-corrected chi connectivity index (χ1v) is 11.7. The van der Waals surface area contributed by atoms with Gasteiger partial charge in [-0.05, 0) is 37.1 Å². The van der Waals surface area contributed by atoms with Crippen LogP contribution in [0.15, 0.2) is 48.5 Å². The van der Waals surface area contributed by atoms with Gasteiger partial charge in [0, 0.05) is 5.92 Å². The third-order valence-corrected chi connectivity index (χ3v) is 6.64. The topological polar surface area (TPSA) is 79.2 Å². The number of hydrogen-bond acceptors (Lipinski definition) is 4. The number of benzene rings is 2. The van der Waals surface area contributed by atoms with Gasteiger partial charge >= 0.3 is 0 Å². The van der Waals surface area contributed by atoms with Gasteiger partial charge in [-0.25, -0.2) is 9.80 Å². The smallest absolute Gasteiger partial charge is 0.265 e. The predicted molar refractivity (Wildman–Crippen MR) is 123 cm³/mol. The summed E-state index contributed by atoms with van der Waals surface area (Å²) in [5.41, 5.74) is 1.61. The summed E-state index contributed by atoms with van der Waals surface area (Å²) in [6.45, 7) is 5.17. The Morgan fingerprint density at radius 2 is 1.09 bits per heavy atom. The molecule has 0 aliphatic carbocycles. The van der Waals surface area contributed by atoms with Crippen molar-refractivity contribution in [2.24, 2.45) is 5.92 Å². The number of nitrogens with zero attached hydrogens (tertiary/aromatic N) is 2. The van der Waals surface area contributed by atoms with Gasteiger partial charge in [-0.2, -0.15) is 0 Å². The van der Waals surface area contributed by atoms with Gasteiger partial charge in [-0.15, -0.1) is 0 Å². The zero-order valence-electron chi connectivity index (χ0n) is 19.2. The maximum Gasteiger partial charge on any atom is 0.265 e. The summed E-state index contributed by atoms with van der Waals surface area (Å²) in [5.74, 6) is -0.923. The Balaban J connectivity index is 1.57. The minimum Gasteiger partial charge on any atom is -0.300 e. The van der Waals surface area contributed by atoms with Crippen LogP contribution in [-0.2, 0) is 0 Å². The summed E-state index contributed by atoms with van der Waals surface area (Å²) < 4.78 is 0. The lowest BCUT2D eigenvalue weighted by Crippen LogP contribution is -3.15. The maximum atomic E-state index is 13.0. The van der Waals surface area contributed by atoms with Crippen LogP contribution in [0.4, 0.5) is 0 Å². The largest absolute Gasteiger partial charge is 0.300 e. The molecule has 0 fully saturated rings. The quantitative estimate of drug-likeness (QED) is 0.567. The van der Waals surface area contributed by atoms with E-state index in [1.54, 1.807) is 48.5 Å². The van der Waals surface area contributed by atoms with Crippen molar-refractivity contribution in [1.29, 1.82) is 0 Å². The fourth-order valence-corrected chi connectivity index (χ4v) is 4.74. The van der Waals surface area contributed by atoms with Gasteiger partial charge in [0.15, 0.2) is 13.3 Å². The van der Waals surface area contributed by atoms with E-state index >= 15 is 0 Å². The number of nitrogens with one attached hydrogen (secondary N) is 1. The molecule has 2 heterocycles. The van der Waals surface area contributed by atoms with E-state index in [1.165, 1.54) is 9.80 Å². The second kappa shape index (κ2) is 9.67. The van der Waals surface area contributed by atoms with Gasteiger partial charge in [-0.1, -0.05) is 51.0 Å². The number of rotatable bonds is 10. The van der Waals surface area contributed by atoms with Crippen molar-refractivity contribution < 1.29 is 24.1 Å². The van der Waals surface area contributed by atoms with E-state index in [1.807, 2.05) is 0 Å². The number of quaternary nitrogens is 1. The van der Waals surface area contributed by atoms with Crippen molar-refractivity contribution in [2.45, 2.75) is 39.5 Å². The summed E-state index contributed by atoms with van der Waals surface area (Å²) in [6.07, 6.45) is 4.16. The van der Waals surface area contributed by atoms with Gasteiger partial charge in [0.05, 0.1) is 28.8 Å². The molecule has 0 saturated heterocycles. The molecule has 0 bridgehead atoms. The van der Waals surface area contributed by atoms with Crippen molar-refractivity contribution >= 4 is 23.6 Å². The lowest BCUT2D eigenvalue weighted by Gasteiger charge is -2.29. The van der Waals surface area contributed by atoms with E-state index in [2.05, 4.69) is 13.8 Å². The van der Waals surface area contributed by atoms with Crippen LogP contribution in [0, 0.1) is 5.92 Å². The summed E-state index contributed by atoms with van der Waals surface area (Å²) in [4.78, 5) is 55.2. The average Bonchev–Trinajstić information content (AvgIpc) is 3.22. The zero-order chi connectivity index (χ0) is 23.5. The molecule has 0 aromatic heterocycles. The normalized spacial score (nSPS) is 16.1. The van der Waals surface area contributed by atoms with Crippen LogP contribution in [0.3, 0.4) is 0 Å². The van der Waals surface area contributed by atoms with Gasteiger partial charge in [0.25, 0.3) is 23.6 Å². The summed E-state index contributed by atoms with van der Waals surface area (Å²) in [5, 5.41) is 0. The average molecular weight is 449 g/mol. The molecule has 7 heteroatoms. The van der Waals surface area contributed by atoms with Crippen LogP contribution in [0.2, 0.25) is 0 Å². The van der Waals surface area contributed by atoms with Crippen LogP contribution in [0.5, 0.6) is 0 Å². The molecule has 2 aliphatic heterocycles. The van der Waals surface area contributed by atoms with E-state index < -0.39 is 0 Å². The van der Waals surface area contributed by atoms with Gasteiger partial charge < -0.3 is 0 Å². The van der Waals surface area contributed by atoms with Crippen molar-refractivity contribution in [3.8, 4) is 0 Å². The van der Waals surface area contributed by atoms with Crippen LogP contribution < -0.4 is 4.90 Å². The van der Waals surface area contributed by atoms with Crippen molar-refractivity contribution in [3.05, 3.63) is 70.8 Å². The second-order valence-corrected chi connectivity index (χ2v) is 8.85. The van der Waals surface area contributed by atoms with Gasteiger partial charge in [0.2, 0.25) is 0 Å². The molecule has 0 unspecified atom stereocenters. The Bertz CT molecular complexity index is 949. The Hall–Kier alpha value is -3.32. The van der Waals surface area contributed by atoms with Crippen LogP contribution in [-0.4, -0.2) is 53.3 Å². The Morgan fingerprint density at radius 3 is 1.42 bits per heavy atom. The Kier molecular flexibility index (Phi) is 6.70. The van der Waals surface area contributed by atoms with Crippen molar-refractivity contribution in [1.82, 2.24) is 9.80 Å². The fourth-order valence-electron chi connectivity index (χ4n) is 4.74. The number of imide groups is 2. The fraction of sp³-hybridized carbons (Fsp3) is 0.385. The number of unbranched alkanes of at least 4 members (excludes halogenated alkanes) is 1. The number of carbonyl (C=O) groups is 4. The molecule has 0 radical (unpaired) electrons. The monoisotopic (exact) mass is 448 g/mol. The molecule has 7 nitrogen and oxygen atoms in total. The second-order valence-electron chi connectivity index (χ2n) is 8.85. The highest BCUT2D eigenvalue weighted by atomic mass is 16.2. The minimum absolute atomic E-state index is 0.113. The highest BCUT2D eigenvalue weighted by Crippen LogP contribution is 2.23. The third kappa shape index (κ3) is 4.33. The van der Waals surface area contributed by atoms with E-state index in [4.69, 9.17) is 0 Å². The number of hydrogen-bond donors (Lipinski definition) is 1. The summed E-state index contributed by atoms with van der Waals surface area (Å²) in [6, 6.07) is 13.6. The molecular weight excluding hydrogens is 418 g/mol. The molecule has 2 aliphatic rings. The molecule has 2 aromatic carbocycles. The first kappa shape index (κ1) is 22.9. The van der Waals surface area contributed by atoms with Gasteiger partial charge in [0.1, 0.15) is 0 Å². The molecule has 4 amide bonds. The molecule has 0 spiro atoms. The Morgan fingerprint density at radius 1 is 0.697 bits per heavy atom. The molecule has 0 saturated carbocycles. The number of amides is 4. The molecule has 4 rings (SSSR count). The molecule has 1 N–H and O–H groups in total.